The highest BCUT2D eigenvalue weighted by molar-refractivity contribution is 5.94. The molecule has 0 aromatic heterocycles. The lowest BCUT2D eigenvalue weighted by Gasteiger charge is -2.35. The van der Waals surface area contributed by atoms with E-state index in [-0.39, 0.29) is 17.2 Å². The van der Waals surface area contributed by atoms with Gasteiger partial charge in [-0.15, -0.1) is 0 Å². The number of hydrogen-bond donors (Lipinski definition) is 1. The Morgan fingerprint density at radius 2 is 1.76 bits per heavy atom. The standard InChI is InChI=1S/C16H22F2N2O/c1-4-19-15-13(17)6-12(7-14(15)18)16(21)20-8-10(2)5-11(3)9-20/h6-7,10-11,19H,4-5,8-9H2,1-3H3. The predicted molar refractivity (Wildman–Crippen MR) is 79.4 cm³/mol. The molecule has 0 bridgehead atoms. The zero-order chi connectivity index (χ0) is 15.6. The third-order valence-electron chi connectivity index (χ3n) is 3.80. The number of amides is 1. The van der Waals surface area contributed by atoms with Crippen molar-refractivity contribution in [3.05, 3.63) is 29.3 Å². The number of hydrogen-bond acceptors (Lipinski definition) is 2. The Hall–Kier alpha value is -1.65. The molecule has 2 atom stereocenters. The van der Waals surface area contributed by atoms with E-state index in [0.717, 1.165) is 18.6 Å². The van der Waals surface area contributed by atoms with Gasteiger partial charge in [-0.25, -0.2) is 8.78 Å². The minimum atomic E-state index is -0.724. The first kappa shape index (κ1) is 15.7. The number of piperidine rings is 1. The van der Waals surface area contributed by atoms with Crippen molar-refractivity contribution in [2.75, 3.05) is 25.0 Å². The van der Waals surface area contributed by atoms with Crippen LogP contribution < -0.4 is 5.32 Å². The lowest BCUT2D eigenvalue weighted by molar-refractivity contribution is 0.0622. The zero-order valence-electron chi connectivity index (χ0n) is 12.7. The average Bonchev–Trinajstić information content (AvgIpc) is 2.40. The summed E-state index contributed by atoms with van der Waals surface area (Å²) < 4.78 is 27.8. The first-order valence-electron chi connectivity index (χ1n) is 7.44. The van der Waals surface area contributed by atoms with E-state index < -0.39 is 11.6 Å². The van der Waals surface area contributed by atoms with Crippen LogP contribution in [-0.2, 0) is 0 Å². The third-order valence-corrected chi connectivity index (χ3v) is 3.80. The van der Waals surface area contributed by atoms with E-state index in [4.69, 9.17) is 0 Å². The van der Waals surface area contributed by atoms with Crippen molar-refractivity contribution in [2.45, 2.75) is 27.2 Å². The Morgan fingerprint density at radius 1 is 1.24 bits per heavy atom. The van der Waals surface area contributed by atoms with Gasteiger partial charge in [-0.3, -0.25) is 4.79 Å². The number of anilines is 1. The minimum absolute atomic E-state index is 0.0768. The van der Waals surface area contributed by atoms with Crippen LogP contribution in [0, 0.1) is 23.5 Å². The van der Waals surface area contributed by atoms with Gasteiger partial charge < -0.3 is 10.2 Å². The molecule has 0 saturated carbocycles. The maximum atomic E-state index is 13.9. The Balaban J connectivity index is 2.23. The van der Waals surface area contributed by atoms with Crippen LogP contribution in [0.3, 0.4) is 0 Å². The Labute approximate surface area is 124 Å². The van der Waals surface area contributed by atoms with Crippen LogP contribution in [0.15, 0.2) is 12.1 Å². The summed E-state index contributed by atoms with van der Waals surface area (Å²) in [6, 6.07) is 2.24. The van der Waals surface area contributed by atoms with Gasteiger partial charge in [-0.05, 0) is 37.3 Å². The summed E-state index contributed by atoms with van der Waals surface area (Å²) in [4.78, 5) is 14.1. The first-order chi connectivity index (χ1) is 9.92. The summed E-state index contributed by atoms with van der Waals surface area (Å²) >= 11 is 0. The number of carbonyl (C=O) groups is 1. The number of nitrogens with one attached hydrogen (secondary N) is 1. The lowest BCUT2D eigenvalue weighted by atomic mass is 9.91. The second kappa shape index (κ2) is 6.41. The molecule has 3 nitrogen and oxygen atoms in total. The molecule has 1 N–H and O–H groups in total. The normalized spacial score (nSPS) is 22.2. The number of benzene rings is 1. The summed E-state index contributed by atoms with van der Waals surface area (Å²) in [5, 5.41) is 2.63. The van der Waals surface area contributed by atoms with Gasteiger partial charge in [0.2, 0.25) is 0 Å². The van der Waals surface area contributed by atoms with Crippen LogP contribution in [0.5, 0.6) is 0 Å². The Morgan fingerprint density at radius 3 is 2.24 bits per heavy atom. The smallest absolute Gasteiger partial charge is 0.254 e. The molecular weight excluding hydrogens is 274 g/mol. The van der Waals surface area contributed by atoms with Gasteiger partial charge in [0.1, 0.15) is 17.3 Å². The molecule has 0 radical (unpaired) electrons. The van der Waals surface area contributed by atoms with Crippen molar-refractivity contribution in [1.82, 2.24) is 4.90 Å². The van der Waals surface area contributed by atoms with Crippen molar-refractivity contribution in [2.24, 2.45) is 11.8 Å². The summed E-state index contributed by atoms with van der Waals surface area (Å²) in [5.74, 6) is -0.923. The second-order valence-corrected chi connectivity index (χ2v) is 6.00. The highest BCUT2D eigenvalue weighted by atomic mass is 19.1. The number of likely N-dealkylation sites (tertiary alicyclic amines) is 1. The topological polar surface area (TPSA) is 32.3 Å². The SMILES string of the molecule is CCNc1c(F)cc(C(=O)N2CC(C)CC(C)C2)cc1F. The molecule has 2 unspecified atom stereocenters. The van der Waals surface area contributed by atoms with E-state index in [0.29, 0.717) is 31.5 Å². The monoisotopic (exact) mass is 296 g/mol. The summed E-state index contributed by atoms with van der Waals surface area (Å²) in [6.07, 6.45) is 1.08. The number of nitrogens with zero attached hydrogens (tertiary/aromatic N) is 1. The molecule has 1 aliphatic rings. The van der Waals surface area contributed by atoms with E-state index in [1.165, 1.54) is 0 Å². The van der Waals surface area contributed by atoms with Gasteiger partial charge in [0.25, 0.3) is 5.91 Å². The molecule has 2 rings (SSSR count). The van der Waals surface area contributed by atoms with Crippen molar-refractivity contribution >= 4 is 11.6 Å². The highest BCUT2D eigenvalue weighted by Crippen LogP contribution is 2.25. The number of carbonyl (C=O) groups excluding carboxylic acids is 1. The second-order valence-electron chi connectivity index (χ2n) is 6.00. The molecule has 21 heavy (non-hydrogen) atoms. The molecular formula is C16H22F2N2O. The average molecular weight is 296 g/mol. The number of halogens is 2. The fraction of sp³-hybridized carbons (Fsp3) is 0.562. The molecule has 1 amide bonds. The van der Waals surface area contributed by atoms with Crippen LogP contribution in [-0.4, -0.2) is 30.4 Å². The summed E-state index contributed by atoms with van der Waals surface area (Å²) in [7, 11) is 0. The molecule has 1 aromatic rings. The molecule has 0 aliphatic carbocycles. The van der Waals surface area contributed by atoms with Crippen molar-refractivity contribution in [1.29, 1.82) is 0 Å². The van der Waals surface area contributed by atoms with Crippen LogP contribution in [0.4, 0.5) is 14.5 Å². The summed E-state index contributed by atoms with van der Waals surface area (Å²) in [5.41, 5.74) is -0.0950. The molecule has 1 aromatic carbocycles. The largest absolute Gasteiger partial charge is 0.381 e. The van der Waals surface area contributed by atoms with E-state index in [2.05, 4.69) is 19.2 Å². The van der Waals surface area contributed by atoms with Gasteiger partial charge in [-0.2, -0.15) is 0 Å². The Kier molecular flexibility index (Phi) is 4.80. The van der Waals surface area contributed by atoms with Crippen molar-refractivity contribution in [3.8, 4) is 0 Å². The van der Waals surface area contributed by atoms with Crippen molar-refractivity contribution < 1.29 is 13.6 Å². The molecule has 116 valence electrons. The van der Waals surface area contributed by atoms with E-state index in [1.807, 2.05) is 0 Å². The van der Waals surface area contributed by atoms with Crippen LogP contribution in [0.1, 0.15) is 37.6 Å². The maximum Gasteiger partial charge on any atom is 0.254 e. The lowest BCUT2D eigenvalue weighted by Crippen LogP contribution is -2.42. The summed E-state index contributed by atoms with van der Waals surface area (Å²) in [6.45, 7) is 7.64. The molecule has 5 heteroatoms. The van der Waals surface area contributed by atoms with E-state index >= 15 is 0 Å². The quantitative estimate of drug-likeness (QED) is 0.925. The van der Waals surface area contributed by atoms with Gasteiger partial charge in [0, 0.05) is 25.2 Å². The highest BCUT2D eigenvalue weighted by Gasteiger charge is 2.27. The fourth-order valence-electron chi connectivity index (χ4n) is 3.05. The third kappa shape index (κ3) is 3.52. The maximum absolute atomic E-state index is 13.9. The fourth-order valence-corrected chi connectivity index (χ4v) is 3.05. The molecule has 1 saturated heterocycles. The number of rotatable bonds is 3. The van der Waals surface area contributed by atoms with Crippen LogP contribution in [0.2, 0.25) is 0 Å². The van der Waals surface area contributed by atoms with Gasteiger partial charge >= 0.3 is 0 Å². The van der Waals surface area contributed by atoms with Gasteiger partial charge in [0.15, 0.2) is 0 Å². The molecule has 0 spiro atoms. The van der Waals surface area contributed by atoms with E-state index in [1.54, 1.807) is 11.8 Å². The van der Waals surface area contributed by atoms with Gasteiger partial charge in [0.05, 0.1) is 0 Å². The first-order valence-corrected chi connectivity index (χ1v) is 7.44. The molecule has 1 fully saturated rings. The van der Waals surface area contributed by atoms with Crippen LogP contribution in [0.25, 0.3) is 0 Å². The van der Waals surface area contributed by atoms with Crippen LogP contribution >= 0.6 is 0 Å². The van der Waals surface area contributed by atoms with Gasteiger partial charge in [-0.1, -0.05) is 13.8 Å². The predicted octanol–water partition coefficient (Wildman–Crippen LogP) is 3.51. The Bertz CT molecular complexity index is 500. The molecule has 1 aliphatic heterocycles. The molecule has 1 heterocycles. The zero-order valence-corrected chi connectivity index (χ0v) is 12.7. The van der Waals surface area contributed by atoms with Crippen molar-refractivity contribution in [3.63, 3.8) is 0 Å². The minimum Gasteiger partial charge on any atom is -0.381 e. The van der Waals surface area contributed by atoms with E-state index in [9.17, 15) is 13.6 Å².